The van der Waals surface area contributed by atoms with Crippen LogP contribution in [-0.4, -0.2) is 5.78 Å². The maximum Gasteiger partial charge on any atom is 0.174 e. The smallest absolute Gasteiger partial charge is 0.174 e. The van der Waals surface area contributed by atoms with E-state index in [9.17, 15) is 4.79 Å². The minimum absolute atomic E-state index is 0.102. The summed E-state index contributed by atoms with van der Waals surface area (Å²) in [6.45, 7) is 4.06. The van der Waals surface area contributed by atoms with Crippen molar-refractivity contribution < 1.29 is 4.79 Å². The van der Waals surface area contributed by atoms with Crippen LogP contribution in [0.25, 0.3) is 5.57 Å². The van der Waals surface area contributed by atoms with Gasteiger partial charge >= 0.3 is 0 Å². The van der Waals surface area contributed by atoms with E-state index >= 15 is 0 Å². The fourth-order valence-corrected chi connectivity index (χ4v) is 4.12. The molecule has 0 aliphatic heterocycles. The largest absolute Gasteiger partial charge is 0.293 e. The topological polar surface area (TPSA) is 17.1 Å². The number of benzene rings is 2. The lowest BCUT2D eigenvalue weighted by molar-refractivity contribution is -0.118. The van der Waals surface area contributed by atoms with Crippen LogP contribution in [0.15, 0.2) is 115 Å². The highest BCUT2D eigenvalue weighted by atomic mass is 16.1. The number of carbonyl (C=O) groups is 1. The van der Waals surface area contributed by atoms with Gasteiger partial charge in [-0.2, -0.15) is 0 Å². The van der Waals surface area contributed by atoms with Gasteiger partial charge < -0.3 is 0 Å². The SMILES string of the molecule is C=CC1=C(CCc2ccccc2)C=C(c2ccccc2)C12C=CC=CC2=O. The van der Waals surface area contributed by atoms with E-state index in [4.69, 9.17) is 0 Å². The Morgan fingerprint density at radius 3 is 2.26 bits per heavy atom. The summed E-state index contributed by atoms with van der Waals surface area (Å²) in [5.74, 6) is 0.102. The van der Waals surface area contributed by atoms with E-state index in [1.165, 1.54) is 11.1 Å². The van der Waals surface area contributed by atoms with Crippen LogP contribution in [0.2, 0.25) is 0 Å². The van der Waals surface area contributed by atoms with Gasteiger partial charge in [0, 0.05) is 0 Å². The maximum atomic E-state index is 13.1. The Hall–Kier alpha value is -3.19. The third-order valence-electron chi connectivity index (χ3n) is 5.42. The third kappa shape index (κ3) is 2.96. The molecule has 27 heavy (non-hydrogen) atoms. The van der Waals surface area contributed by atoms with Gasteiger partial charge in [0.15, 0.2) is 5.78 Å². The summed E-state index contributed by atoms with van der Waals surface area (Å²) in [6, 6.07) is 20.7. The quantitative estimate of drug-likeness (QED) is 0.658. The Labute approximate surface area is 160 Å². The maximum absolute atomic E-state index is 13.1. The summed E-state index contributed by atoms with van der Waals surface area (Å²) < 4.78 is 0. The lowest BCUT2D eigenvalue weighted by atomic mass is 9.69. The van der Waals surface area contributed by atoms with E-state index in [1.54, 1.807) is 6.08 Å². The van der Waals surface area contributed by atoms with Gasteiger partial charge in [0.05, 0.1) is 0 Å². The molecule has 0 saturated carbocycles. The van der Waals surface area contributed by atoms with Crippen LogP contribution in [0.1, 0.15) is 17.5 Å². The lowest BCUT2D eigenvalue weighted by Gasteiger charge is -2.31. The van der Waals surface area contributed by atoms with Crippen molar-refractivity contribution in [1.29, 1.82) is 0 Å². The molecule has 0 heterocycles. The fraction of sp³-hybridized carbons (Fsp3) is 0.115. The zero-order valence-corrected chi connectivity index (χ0v) is 15.3. The minimum atomic E-state index is -0.746. The lowest BCUT2D eigenvalue weighted by Crippen LogP contribution is -2.30. The Morgan fingerprint density at radius 1 is 0.889 bits per heavy atom. The molecule has 2 aliphatic rings. The molecule has 132 valence electrons. The second-order valence-electron chi connectivity index (χ2n) is 6.94. The summed E-state index contributed by atoms with van der Waals surface area (Å²) >= 11 is 0. The Bertz CT molecular complexity index is 987. The molecule has 0 N–H and O–H groups in total. The number of hydrogen-bond acceptors (Lipinski definition) is 1. The van der Waals surface area contributed by atoms with Gasteiger partial charge in [-0.05, 0) is 46.8 Å². The van der Waals surface area contributed by atoms with E-state index in [-0.39, 0.29) is 5.78 Å². The van der Waals surface area contributed by atoms with Crippen LogP contribution < -0.4 is 0 Å². The molecule has 2 aromatic carbocycles. The molecule has 1 nitrogen and oxygen atoms in total. The highest BCUT2D eigenvalue weighted by Gasteiger charge is 2.46. The molecule has 1 heteroatoms. The molecule has 0 saturated heterocycles. The van der Waals surface area contributed by atoms with Crippen LogP contribution >= 0.6 is 0 Å². The molecular formula is C26H22O. The van der Waals surface area contributed by atoms with Gasteiger partial charge in [-0.15, -0.1) is 0 Å². The number of rotatable bonds is 5. The van der Waals surface area contributed by atoms with Crippen molar-refractivity contribution in [2.75, 3.05) is 0 Å². The first kappa shape index (κ1) is 17.2. The summed E-state index contributed by atoms with van der Waals surface area (Å²) in [5.41, 5.74) is 4.90. The highest BCUT2D eigenvalue weighted by molar-refractivity contribution is 6.12. The monoisotopic (exact) mass is 350 g/mol. The van der Waals surface area contributed by atoms with Crippen molar-refractivity contribution in [3.05, 3.63) is 126 Å². The minimum Gasteiger partial charge on any atom is -0.293 e. The molecule has 1 unspecified atom stereocenters. The second-order valence-corrected chi connectivity index (χ2v) is 6.94. The zero-order chi connectivity index (χ0) is 18.7. The normalized spacial score (nSPS) is 21.0. The van der Waals surface area contributed by atoms with Crippen LogP contribution in [0.3, 0.4) is 0 Å². The average Bonchev–Trinajstić information content (AvgIpc) is 3.04. The van der Waals surface area contributed by atoms with Crippen molar-refractivity contribution in [3.63, 3.8) is 0 Å². The molecule has 2 aromatic rings. The summed E-state index contributed by atoms with van der Waals surface area (Å²) in [5, 5.41) is 0. The first-order valence-electron chi connectivity index (χ1n) is 9.33. The molecule has 1 atom stereocenters. The number of aryl methyl sites for hydroxylation is 1. The fourth-order valence-electron chi connectivity index (χ4n) is 4.12. The van der Waals surface area contributed by atoms with Gasteiger partial charge in [-0.25, -0.2) is 0 Å². The van der Waals surface area contributed by atoms with E-state index in [0.29, 0.717) is 0 Å². The van der Waals surface area contributed by atoms with Crippen LogP contribution in [0.4, 0.5) is 0 Å². The van der Waals surface area contributed by atoms with Crippen molar-refractivity contribution >= 4 is 11.4 Å². The highest BCUT2D eigenvalue weighted by Crippen LogP contribution is 2.52. The first-order valence-corrected chi connectivity index (χ1v) is 9.33. The second kappa shape index (κ2) is 7.20. The predicted molar refractivity (Wildman–Crippen MR) is 112 cm³/mol. The van der Waals surface area contributed by atoms with Crippen molar-refractivity contribution in [3.8, 4) is 0 Å². The molecule has 0 radical (unpaired) electrons. The van der Waals surface area contributed by atoms with Gasteiger partial charge in [0.2, 0.25) is 0 Å². The standard InChI is InChI=1S/C26H22O/c1-2-23-22(17-16-20-11-5-3-6-12-20)19-24(21-13-7-4-8-14-21)26(23)18-10-9-15-25(26)27/h2-15,18-19H,1,16-17H2. The molecule has 0 aromatic heterocycles. The van der Waals surface area contributed by atoms with Crippen LogP contribution in [-0.2, 0) is 11.2 Å². The van der Waals surface area contributed by atoms with Gasteiger partial charge in [-0.1, -0.05) is 97.6 Å². The van der Waals surface area contributed by atoms with E-state index in [1.807, 2.05) is 48.6 Å². The van der Waals surface area contributed by atoms with Crippen LogP contribution in [0.5, 0.6) is 0 Å². The Kier molecular flexibility index (Phi) is 4.60. The van der Waals surface area contributed by atoms with E-state index < -0.39 is 5.41 Å². The van der Waals surface area contributed by atoms with Gasteiger partial charge in [-0.3, -0.25) is 4.79 Å². The molecule has 0 bridgehead atoms. The number of carbonyl (C=O) groups excluding carboxylic acids is 1. The van der Waals surface area contributed by atoms with Gasteiger partial charge in [0.25, 0.3) is 0 Å². The van der Waals surface area contributed by atoms with E-state index in [2.05, 4.69) is 49.1 Å². The molecule has 0 fully saturated rings. The molecule has 1 spiro atoms. The number of allylic oxidation sites excluding steroid dienone is 9. The summed E-state index contributed by atoms with van der Waals surface area (Å²) in [6.07, 6.45) is 13.4. The molecular weight excluding hydrogens is 328 g/mol. The molecule has 0 amide bonds. The number of ketones is 1. The van der Waals surface area contributed by atoms with Crippen molar-refractivity contribution in [2.24, 2.45) is 5.41 Å². The Morgan fingerprint density at radius 2 is 1.59 bits per heavy atom. The first-order chi connectivity index (χ1) is 13.3. The summed E-state index contributed by atoms with van der Waals surface area (Å²) in [4.78, 5) is 13.1. The van der Waals surface area contributed by atoms with Crippen LogP contribution in [0, 0.1) is 5.41 Å². The molecule has 4 rings (SSSR count). The predicted octanol–water partition coefficient (Wildman–Crippen LogP) is 5.88. The molecule has 2 aliphatic carbocycles. The average molecular weight is 350 g/mol. The zero-order valence-electron chi connectivity index (χ0n) is 15.3. The van der Waals surface area contributed by atoms with Crippen molar-refractivity contribution in [1.82, 2.24) is 0 Å². The summed E-state index contributed by atoms with van der Waals surface area (Å²) in [7, 11) is 0. The number of hydrogen-bond donors (Lipinski definition) is 0. The van der Waals surface area contributed by atoms with E-state index in [0.717, 1.165) is 29.6 Å². The Balaban J connectivity index is 1.79. The van der Waals surface area contributed by atoms with Crippen molar-refractivity contribution in [2.45, 2.75) is 12.8 Å². The third-order valence-corrected chi connectivity index (χ3v) is 5.42. The van der Waals surface area contributed by atoms with Gasteiger partial charge in [0.1, 0.15) is 5.41 Å².